The van der Waals surface area contributed by atoms with Crippen LogP contribution >= 0.6 is 0 Å². The maximum atomic E-state index is 12.7. The fraction of sp³-hybridized carbons (Fsp3) is 0.611. The van der Waals surface area contributed by atoms with E-state index in [1.54, 1.807) is 0 Å². The molecule has 6 nitrogen and oxygen atoms in total. The molecular weight excluding hydrogens is 399 g/mol. The van der Waals surface area contributed by atoms with Gasteiger partial charge in [-0.3, -0.25) is 4.79 Å². The second-order valence-corrected chi connectivity index (χ2v) is 8.84. The molecule has 0 unspecified atom stereocenters. The summed E-state index contributed by atoms with van der Waals surface area (Å²) in [7, 11) is -2.45. The summed E-state index contributed by atoms with van der Waals surface area (Å²) in [4.78, 5) is 10.3. The average molecular weight is 423 g/mol. The molecule has 0 heterocycles. The van der Waals surface area contributed by atoms with Gasteiger partial charge in [-0.05, 0) is 56.4 Å². The zero-order chi connectivity index (χ0) is 20.9. The minimum absolute atomic E-state index is 0.0350. The first-order valence-electron chi connectivity index (χ1n) is 9.00. The highest BCUT2D eigenvalue weighted by atomic mass is 32.2. The third kappa shape index (κ3) is 5.92. The summed E-state index contributed by atoms with van der Waals surface area (Å²) in [6.45, 7) is 0.349. The molecule has 0 saturated heterocycles. The van der Waals surface area contributed by atoms with Crippen molar-refractivity contribution in [3.8, 4) is 0 Å². The molecule has 158 valence electrons. The normalized spacial score (nSPS) is 21.0. The maximum Gasteiger partial charge on any atom is 0.416 e. The van der Waals surface area contributed by atoms with Crippen molar-refractivity contribution in [3.63, 3.8) is 0 Å². The first-order valence-corrected chi connectivity index (χ1v) is 10.4. The number of ether oxygens (including phenoxy) is 1. The fourth-order valence-corrected chi connectivity index (χ4v) is 4.64. The second-order valence-electron chi connectivity index (χ2n) is 6.84. The largest absolute Gasteiger partial charge is 0.481 e. The van der Waals surface area contributed by atoms with Crippen molar-refractivity contribution < 1.29 is 36.2 Å². The Kier molecular flexibility index (Phi) is 7.46. The maximum absolute atomic E-state index is 12.7. The van der Waals surface area contributed by atoms with Gasteiger partial charge < -0.3 is 9.84 Å². The molecule has 1 saturated carbocycles. The molecule has 1 aromatic carbocycles. The van der Waals surface area contributed by atoms with Gasteiger partial charge in [-0.2, -0.15) is 17.5 Å². The Hall–Kier alpha value is -1.65. The highest BCUT2D eigenvalue weighted by Gasteiger charge is 2.34. The minimum Gasteiger partial charge on any atom is -0.481 e. The monoisotopic (exact) mass is 423 g/mol. The van der Waals surface area contributed by atoms with Crippen molar-refractivity contribution in [2.45, 2.75) is 61.7 Å². The summed E-state index contributed by atoms with van der Waals surface area (Å²) in [6.07, 6.45) is -1.65. The number of rotatable bonds is 8. The Morgan fingerprint density at radius 3 is 2.25 bits per heavy atom. The molecule has 0 spiro atoms. The summed E-state index contributed by atoms with van der Waals surface area (Å²) >= 11 is 0. The standard InChI is InChI=1S/C18H24F3NO5S/c1-22(14-6-8-15(9-7-14)27-12-2-3-17(23)24)28(25,26)16-10-4-13(5-11-16)18(19,20)21/h4-5,10-11,14-15H,2-3,6-9,12H2,1H3,(H,23,24)/t14-,15-. The van der Waals surface area contributed by atoms with Crippen LogP contribution in [0.15, 0.2) is 29.2 Å². The lowest BCUT2D eigenvalue weighted by Crippen LogP contribution is -2.40. The van der Waals surface area contributed by atoms with Gasteiger partial charge in [-0.25, -0.2) is 8.42 Å². The number of aliphatic carboxylic acids is 1. The van der Waals surface area contributed by atoms with Crippen LogP contribution in [0.1, 0.15) is 44.1 Å². The fourth-order valence-electron chi connectivity index (χ4n) is 3.23. The number of halogens is 3. The van der Waals surface area contributed by atoms with Crippen molar-refractivity contribution >= 4 is 16.0 Å². The molecule has 0 atom stereocenters. The van der Waals surface area contributed by atoms with Gasteiger partial charge in [0.25, 0.3) is 0 Å². The Bertz CT molecular complexity index is 756. The van der Waals surface area contributed by atoms with Crippen LogP contribution in [-0.4, -0.2) is 49.6 Å². The van der Waals surface area contributed by atoms with Gasteiger partial charge in [0.15, 0.2) is 0 Å². The van der Waals surface area contributed by atoms with Crippen molar-refractivity contribution in [1.29, 1.82) is 0 Å². The van der Waals surface area contributed by atoms with Gasteiger partial charge in [0, 0.05) is 26.1 Å². The number of sulfonamides is 1. The van der Waals surface area contributed by atoms with Crippen molar-refractivity contribution in [2.75, 3.05) is 13.7 Å². The lowest BCUT2D eigenvalue weighted by atomic mass is 9.93. The van der Waals surface area contributed by atoms with Crippen LogP contribution in [0.25, 0.3) is 0 Å². The quantitative estimate of drug-likeness (QED) is 0.647. The van der Waals surface area contributed by atoms with Crippen molar-refractivity contribution in [3.05, 3.63) is 29.8 Å². The lowest BCUT2D eigenvalue weighted by Gasteiger charge is -2.34. The Balaban J connectivity index is 1.91. The van der Waals surface area contributed by atoms with Crippen LogP contribution in [0.2, 0.25) is 0 Å². The SMILES string of the molecule is CN([C@H]1CC[C@H](OCCCC(=O)O)CC1)S(=O)(=O)c1ccc(C(F)(F)F)cc1. The van der Waals surface area contributed by atoms with E-state index >= 15 is 0 Å². The number of benzene rings is 1. The highest BCUT2D eigenvalue weighted by Crippen LogP contribution is 2.32. The van der Waals surface area contributed by atoms with E-state index < -0.39 is 27.7 Å². The first kappa shape index (κ1) is 22.6. The van der Waals surface area contributed by atoms with E-state index in [0.717, 1.165) is 24.3 Å². The molecule has 1 N–H and O–H groups in total. The molecule has 0 bridgehead atoms. The van der Waals surface area contributed by atoms with E-state index in [9.17, 15) is 26.4 Å². The number of carbonyl (C=O) groups is 1. The Morgan fingerprint density at radius 2 is 1.75 bits per heavy atom. The second kappa shape index (κ2) is 9.23. The molecule has 1 aromatic rings. The third-order valence-electron chi connectivity index (χ3n) is 4.91. The van der Waals surface area contributed by atoms with E-state index in [1.165, 1.54) is 11.4 Å². The molecule has 28 heavy (non-hydrogen) atoms. The van der Waals surface area contributed by atoms with E-state index in [0.29, 0.717) is 38.7 Å². The number of carboxylic acid groups (broad SMARTS) is 1. The topological polar surface area (TPSA) is 83.9 Å². The van der Waals surface area contributed by atoms with E-state index in [-0.39, 0.29) is 23.5 Å². The molecule has 1 aliphatic carbocycles. The van der Waals surface area contributed by atoms with Crippen LogP contribution in [0.3, 0.4) is 0 Å². The molecule has 0 amide bonds. The average Bonchev–Trinajstić information content (AvgIpc) is 2.64. The third-order valence-corrected chi connectivity index (χ3v) is 6.83. The zero-order valence-electron chi connectivity index (χ0n) is 15.5. The van der Waals surface area contributed by atoms with Crippen LogP contribution in [0, 0.1) is 0 Å². The van der Waals surface area contributed by atoms with Crippen LogP contribution in [0.5, 0.6) is 0 Å². The first-order chi connectivity index (χ1) is 13.0. The summed E-state index contributed by atoms with van der Waals surface area (Å²) in [5, 5.41) is 8.60. The van der Waals surface area contributed by atoms with Crippen LogP contribution < -0.4 is 0 Å². The number of hydrogen-bond donors (Lipinski definition) is 1. The molecule has 10 heteroatoms. The zero-order valence-corrected chi connectivity index (χ0v) is 16.3. The molecule has 0 aliphatic heterocycles. The smallest absolute Gasteiger partial charge is 0.416 e. The summed E-state index contributed by atoms with van der Waals surface area (Å²) in [6, 6.07) is 3.23. The number of hydrogen-bond acceptors (Lipinski definition) is 4. The minimum atomic E-state index is -4.52. The van der Waals surface area contributed by atoms with Crippen molar-refractivity contribution in [2.24, 2.45) is 0 Å². The number of alkyl halides is 3. The van der Waals surface area contributed by atoms with Gasteiger partial charge in [0.2, 0.25) is 10.0 Å². The lowest BCUT2D eigenvalue weighted by molar-refractivity contribution is -0.138. The van der Waals surface area contributed by atoms with E-state index in [1.807, 2.05) is 0 Å². The molecule has 1 fully saturated rings. The molecule has 0 radical (unpaired) electrons. The molecule has 1 aliphatic rings. The van der Waals surface area contributed by atoms with E-state index in [2.05, 4.69) is 0 Å². The number of nitrogens with zero attached hydrogens (tertiary/aromatic N) is 1. The van der Waals surface area contributed by atoms with Gasteiger partial charge in [0.1, 0.15) is 0 Å². The van der Waals surface area contributed by atoms with Gasteiger partial charge in [-0.15, -0.1) is 0 Å². The molecular formula is C18H24F3NO5S. The van der Waals surface area contributed by atoms with Gasteiger partial charge in [-0.1, -0.05) is 0 Å². The van der Waals surface area contributed by atoms with Crippen LogP contribution in [0.4, 0.5) is 13.2 Å². The number of carboxylic acids is 1. The molecule has 0 aromatic heterocycles. The summed E-state index contributed by atoms with van der Waals surface area (Å²) in [5.41, 5.74) is -0.894. The van der Waals surface area contributed by atoms with Gasteiger partial charge in [0.05, 0.1) is 16.6 Å². The summed E-state index contributed by atoms with van der Waals surface area (Å²) < 4.78 is 70.2. The highest BCUT2D eigenvalue weighted by molar-refractivity contribution is 7.89. The van der Waals surface area contributed by atoms with Gasteiger partial charge >= 0.3 is 12.1 Å². The predicted molar refractivity (Wildman–Crippen MR) is 95.3 cm³/mol. The summed E-state index contributed by atoms with van der Waals surface area (Å²) in [5.74, 6) is -0.873. The predicted octanol–water partition coefficient (Wildman–Crippen LogP) is 3.52. The van der Waals surface area contributed by atoms with Crippen molar-refractivity contribution in [1.82, 2.24) is 4.31 Å². The molecule has 2 rings (SSSR count). The Labute approximate surface area is 162 Å². The van der Waals surface area contributed by atoms with Crippen LogP contribution in [-0.2, 0) is 25.7 Å². The Morgan fingerprint density at radius 1 is 1.18 bits per heavy atom. The van der Waals surface area contributed by atoms with E-state index in [4.69, 9.17) is 9.84 Å².